The van der Waals surface area contributed by atoms with Crippen LogP contribution in [0.3, 0.4) is 0 Å². The van der Waals surface area contributed by atoms with Gasteiger partial charge in [0.15, 0.2) is 5.76 Å². The third-order valence-electron chi connectivity index (χ3n) is 4.74. The normalized spacial score (nSPS) is 10.8. The Kier molecular flexibility index (Phi) is 7.12. The summed E-state index contributed by atoms with van der Waals surface area (Å²) in [5.74, 6) is 2.30. The second-order valence-corrected chi connectivity index (χ2v) is 7.58. The zero-order valence-electron chi connectivity index (χ0n) is 17.9. The van der Waals surface area contributed by atoms with E-state index in [1.165, 1.54) is 0 Å². The molecule has 6 heteroatoms. The van der Waals surface area contributed by atoms with Crippen molar-refractivity contribution in [2.24, 2.45) is 5.92 Å². The maximum atomic E-state index is 12.9. The Labute approximate surface area is 177 Å². The molecule has 0 unspecified atom stereocenters. The highest BCUT2D eigenvalue weighted by molar-refractivity contribution is 5.76. The molecule has 0 aliphatic carbocycles. The Balaban J connectivity index is 1.84. The van der Waals surface area contributed by atoms with Crippen LogP contribution in [0.5, 0.6) is 11.5 Å². The molecule has 0 fully saturated rings. The summed E-state index contributed by atoms with van der Waals surface area (Å²) in [5.41, 5.74) is 2.51. The van der Waals surface area contributed by atoms with Gasteiger partial charge in [0, 0.05) is 19.0 Å². The molecule has 0 saturated heterocycles. The molecule has 0 aliphatic heterocycles. The SMILES string of the molecule is COc1ccc(OC)c(-c2cc(CN(Cc3ccccc3)C(=O)CC(C)C)no2)c1. The number of amides is 1. The molecule has 1 heterocycles. The van der Waals surface area contributed by atoms with Crippen molar-refractivity contribution in [1.82, 2.24) is 10.1 Å². The van der Waals surface area contributed by atoms with E-state index in [1.54, 1.807) is 14.2 Å². The first kappa shape index (κ1) is 21.4. The zero-order valence-corrected chi connectivity index (χ0v) is 17.9. The molecule has 0 N–H and O–H groups in total. The number of benzene rings is 2. The average Bonchev–Trinajstić information content (AvgIpc) is 3.21. The third-order valence-corrected chi connectivity index (χ3v) is 4.74. The van der Waals surface area contributed by atoms with Crippen LogP contribution in [-0.2, 0) is 17.9 Å². The fourth-order valence-electron chi connectivity index (χ4n) is 3.23. The van der Waals surface area contributed by atoms with Crippen molar-refractivity contribution < 1.29 is 18.8 Å². The molecule has 0 aliphatic rings. The van der Waals surface area contributed by atoms with E-state index < -0.39 is 0 Å². The van der Waals surface area contributed by atoms with E-state index in [0.717, 1.165) is 11.1 Å². The molecule has 0 atom stereocenters. The molecule has 3 rings (SSSR count). The van der Waals surface area contributed by atoms with Gasteiger partial charge in [0.1, 0.15) is 17.2 Å². The van der Waals surface area contributed by atoms with Crippen molar-refractivity contribution in [1.29, 1.82) is 0 Å². The molecule has 30 heavy (non-hydrogen) atoms. The minimum absolute atomic E-state index is 0.0948. The first-order valence-corrected chi connectivity index (χ1v) is 9.99. The molecule has 1 amide bonds. The smallest absolute Gasteiger partial charge is 0.223 e. The number of hydrogen-bond acceptors (Lipinski definition) is 5. The van der Waals surface area contributed by atoms with E-state index in [0.29, 0.717) is 42.5 Å². The summed E-state index contributed by atoms with van der Waals surface area (Å²) in [7, 11) is 3.22. The molecule has 0 saturated carbocycles. The molecular weight excluding hydrogens is 380 g/mol. The first-order valence-electron chi connectivity index (χ1n) is 9.99. The molecule has 6 nitrogen and oxygen atoms in total. The highest BCUT2D eigenvalue weighted by Gasteiger charge is 2.19. The molecule has 3 aromatic rings. The summed E-state index contributed by atoms with van der Waals surface area (Å²) in [4.78, 5) is 14.7. The van der Waals surface area contributed by atoms with Crippen LogP contribution in [0, 0.1) is 5.92 Å². The number of nitrogens with zero attached hydrogens (tertiary/aromatic N) is 2. The summed E-state index contributed by atoms with van der Waals surface area (Å²) < 4.78 is 16.3. The molecule has 0 bridgehead atoms. The average molecular weight is 408 g/mol. The quantitative estimate of drug-likeness (QED) is 0.502. The van der Waals surface area contributed by atoms with Gasteiger partial charge in [-0.15, -0.1) is 0 Å². The van der Waals surface area contributed by atoms with E-state index in [9.17, 15) is 4.79 Å². The highest BCUT2D eigenvalue weighted by Crippen LogP contribution is 2.34. The van der Waals surface area contributed by atoms with Gasteiger partial charge in [-0.05, 0) is 29.7 Å². The lowest BCUT2D eigenvalue weighted by atomic mass is 10.1. The van der Waals surface area contributed by atoms with Gasteiger partial charge in [-0.3, -0.25) is 4.79 Å². The molecule has 0 radical (unpaired) electrons. The fraction of sp³-hybridized carbons (Fsp3) is 0.333. The number of rotatable bonds is 9. The second kappa shape index (κ2) is 9.96. The maximum absolute atomic E-state index is 12.9. The van der Waals surface area contributed by atoms with Crippen molar-refractivity contribution in [3.63, 3.8) is 0 Å². The van der Waals surface area contributed by atoms with E-state index in [1.807, 2.05) is 73.3 Å². The first-order chi connectivity index (χ1) is 14.5. The number of carbonyl (C=O) groups excluding carboxylic acids is 1. The number of ether oxygens (including phenoxy) is 2. The van der Waals surface area contributed by atoms with E-state index >= 15 is 0 Å². The fourth-order valence-corrected chi connectivity index (χ4v) is 3.23. The highest BCUT2D eigenvalue weighted by atomic mass is 16.5. The lowest BCUT2D eigenvalue weighted by Gasteiger charge is -2.22. The van der Waals surface area contributed by atoms with E-state index in [2.05, 4.69) is 5.16 Å². The topological polar surface area (TPSA) is 64.8 Å². The molecule has 158 valence electrons. The Hall–Kier alpha value is -3.28. The summed E-state index contributed by atoms with van der Waals surface area (Å²) in [6.07, 6.45) is 0.487. The largest absolute Gasteiger partial charge is 0.497 e. The lowest BCUT2D eigenvalue weighted by Crippen LogP contribution is -2.31. The number of hydrogen-bond donors (Lipinski definition) is 0. The maximum Gasteiger partial charge on any atom is 0.223 e. The minimum Gasteiger partial charge on any atom is -0.497 e. The van der Waals surface area contributed by atoms with Gasteiger partial charge in [-0.1, -0.05) is 49.3 Å². The van der Waals surface area contributed by atoms with E-state index in [-0.39, 0.29) is 11.8 Å². The molecule has 2 aromatic carbocycles. The zero-order chi connectivity index (χ0) is 21.5. The van der Waals surface area contributed by atoms with Gasteiger partial charge < -0.3 is 18.9 Å². The van der Waals surface area contributed by atoms with E-state index in [4.69, 9.17) is 14.0 Å². The van der Waals surface area contributed by atoms with Crippen LogP contribution < -0.4 is 9.47 Å². The van der Waals surface area contributed by atoms with Crippen LogP contribution in [0.15, 0.2) is 59.1 Å². The number of aromatic nitrogens is 1. The Morgan fingerprint density at radius 1 is 1.03 bits per heavy atom. The second-order valence-electron chi connectivity index (χ2n) is 7.58. The van der Waals surface area contributed by atoms with Crippen molar-refractivity contribution >= 4 is 5.91 Å². The summed E-state index contributed by atoms with van der Waals surface area (Å²) >= 11 is 0. The Morgan fingerprint density at radius 2 is 1.80 bits per heavy atom. The Morgan fingerprint density at radius 3 is 2.47 bits per heavy atom. The van der Waals surface area contributed by atoms with Crippen LogP contribution in [0.25, 0.3) is 11.3 Å². The van der Waals surface area contributed by atoms with Crippen molar-refractivity contribution in [3.05, 3.63) is 65.9 Å². The van der Waals surface area contributed by atoms with Crippen LogP contribution in [0.4, 0.5) is 0 Å². The predicted molar refractivity (Wildman–Crippen MR) is 115 cm³/mol. The van der Waals surface area contributed by atoms with Crippen molar-refractivity contribution in [2.75, 3.05) is 14.2 Å². The van der Waals surface area contributed by atoms with Gasteiger partial charge >= 0.3 is 0 Å². The monoisotopic (exact) mass is 408 g/mol. The van der Waals surface area contributed by atoms with Crippen LogP contribution in [0.1, 0.15) is 31.5 Å². The van der Waals surface area contributed by atoms with Crippen LogP contribution >= 0.6 is 0 Å². The summed E-state index contributed by atoms with van der Waals surface area (Å²) in [6, 6.07) is 17.3. The van der Waals surface area contributed by atoms with Crippen LogP contribution in [0.2, 0.25) is 0 Å². The van der Waals surface area contributed by atoms with Crippen molar-refractivity contribution in [3.8, 4) is 22.8 Å². The summed E-state index contributed by atoms with van der Waals surface area (Å²) in [6.45, 7) is 4.98. The number of carbonyl (C=O) groups is 1. The predicted octanol–water partition coefficient (Wildman–Crippen LogP) is 4.93. The number of methoxy groups -OCH3 is 2. The summed E-state index contributed by atoms with van der Waals surface area (Å²) in [5, 5.41) is 4.20. The van der Waals surface area contributed by atoms with Crippen LogP contribution in [-0.4, -0.2) is 30.2 Å². The minimum atomic E-state index is 0.0948. The molecule has 1 aromatic heterocycles. The molecule has 0 spiro atoms. The lowest BCUT2D eigenvalue weighted by molar-refractivity contribution is -0.133. The van der Waals surface area contributed by atoms with Gasteiger partial charge in [0.2, 0.25) is 5.91 Å². The third kappa shape index (κ3) is 5.41. The van der Waals surface area contributed by atoms with Gasteiger partial charge in [-0.25, -0.2) is 0 Å². The standard InChI is InChI=1S/C24H28N2O4/c1-17(2)12-24(27)26(15-18-8-6-5-7-9-18)16-19-13-23(30-25-19)21-14-20(28-3)10-11-22(21)29-4/h5-11,13-14,17H,12,15-16H2,1-4H3. The molecular formula is C24H28N2O4. The van der Waals surface area contributed by atoms with Gasteiger partial charge in [-0.2, -0.15) is 0 Å². The van der Waals surface area contributed by atoms with Crippen molar-refractivity contribution in [2.45, 2.75) is 33.4 Å². The van der Waals surface area contributed by atoms with Gasteiger partial charge in [0.05, 0.1) is 26.3 Å². The van der Waals surface area contributed by atoms with Gasteiger partial charge in [0.25, 0.3) is 0 Å². The Bertz CT molecular complexity index is 966.